The molecule has 2 rings (SSSR count). The Bertz CT molecular complexity index is 350. The number of benzene rings is 1. The largest absolute Gasteiger partial charge is 0.356 e. The van der Waals surface area contributed by atoms with Gasteiger partial charge in [0.1, 0.15) is 10.4 Å². The third kappa shape index (κ3) is 1.73. The first-order valence-corrected chi connectivity index (χ1v) is 5.07. The lowest BCUT2D eigenvalue weighted by molar-refractivity contribution is -0.112. The van der Waals surface area contributed by atoms with Crippen LogP contribution < -0.4 is 5.32 Å². The van der Waals surface area contributed by atoms with Gasteiger partial charge in [-0.15, -0.1) is 0 Å². The van der Waals surface area contributed by atoms with E-state index in [2.05, 4.69) is 5.32 Å². The predicted octanol–water partition coefficient (Wildman–Crippen LogP) is 1.88. The lowest BCUT2D eigenvalue weighted by Crippen LogP contribution is -2.19. The maximum atomic E-state index is 11.4. The Morgan fingerprint density at radius 3 is 2.54 bits per heavy atom. The quantitative estimate of drug-likeness (QED) is 0.715. The minimum atomic E-state index is -0.251. The zero-order valence-electron chi connectivity index (χ0n) is 6.69. The fraction of sp³-hybridized carbons (Fsp3) is 0.111. The van der Waals surface area contributed by atoms with Gasteiger partial charge >= 0.3 is 0 Å². The summed E-state index contributed by atoms with van der Waals surface area (Å²) in [7, 11) is 0. The van der Waals surface area contributed by atoms with Crippen molar-refractivity contribution in [2.45, 2.75) is 6.04 Å². The third-order valence-electron chi connectivity index (χ3n) is 1.82. The average Bonchev–Trinajstić information content (AvgIpc) is 2.47. The number of thiocarbonyl (C=S) groups is 1. The molecule has 1 aromatic carbocycles. The lowest BCUT2D eigenvalue weighted by Gasteiger charge is -2.07. The highest BCUT2D eigenvalue weighted by atomic mass is 32.2. The van der Waals surface area contributed by atoms with Crippen LogP contribution in [0.1, 0.15) is 11.6 Å². The fourth-order valence-corrected chi connectivity index (χ4v) is 2.26. The van der Waals surface area contributed by atoms with E-state index >= 15 is 0 Å². The van der Waals surface area contributed by atoms with E-state index in [1.165, 1.54) is 0 Å². The summed E-state index contributed by atoms with van der Waals surface area (Å²) < 4.78 is 0.568. The number of rotatable bonds is 1. The Morgan fingerprint density at radius 1 is 1.31 bits per heavy atom. The van der Waals surface area contributed by atoms with Crippen LogP contribution in [-0.2, 0) is 4.79 Å². The molecule has 4 heteroatoms. The Hall–Kier alpha value is -0.870. The van der Waals surface area contributed by atoms with Gasteiger partial charge in [0, 0.05) is 0 Å². The first-order valence-electron chi connectivity index (χ1n) is 3.84. The molecule has 0 spiro atoms. The van der Waals surface area contributed by atoms with Gasteiger partial charge in [-0.25, -0.2) is 0 Å². The van der Waals surface area contributed by atoms with Crippen molar-refractivity contribution in [3.8, 4) is 0 Å². The highest BCUT2D eigenvalue weighted by molar-refractivity contribution is 8.33. The minimum absolute atomic E-state index is 0.0798. The molecule has 0 aromatic heterocycles. The summed E-state index contributed by atoms with van der Waals surface area (Å²) in [4.78, 5) is 11.4. The number of carbonyl (C=O) groups excluding carboxylic acids is 1. The fourth-order valence-electron chi connectivity index (χ4n) is 1.22. The van der Waals surface area contributed by atoms with Crippen LogP contribution in [-0.4, -0.2) is 9.44 Å². The van der Waals surface area contributed by atoms with Gasteiger partial charge in [0.25, 0.3) is 0 Å². The summed E-state index contributed by atoms with van der Waals surface area (Å²) in [6, 6.07) is 9.34. The molecule has 1 heterocycles. The van der Waals surface area contributed by atoms with Gasteiger partial charge < -0.3 is 5.32 Å². The standard InChI is InChI=1S/C9H7NOS2/c11-8-7(10-9(12)13-8)6-4-2-1-3-5-6/h1-5,7H,(H,10,12)/t7-/m1/s1. The molecular formula is C9H7NOS2. The van der Waals surface area contributed by atoms with Crippen molar-refractivity contribution in [2.24, 2.45) is 0 Å². The number of hydrogen-bond acceptors (Lipinski definition) is 3. The van der Waals surface area contributed by atoms with Gasteiger partial charge in [-0.05, 0) is 17.3 Å². The molecule has 0 radical (unpaired) electrons. The van der Waals surface area contributed by atoms with E-state index in [4.69, 9.17) is 12.2 Å². The van der Waals surface area contributed by atoms with Crippen molar-refractivity contribution in [1.82, 2.24) is 5.32 Å². The van der Waals surface area contributed by atoms with E-state index in [1.54, 1.807) is 0 Å². The summed E-state index contributed by atoms with van der Waals surface area (Å²) in [5.41, 5.74) is 0.972. The van der Waals surface area contributed by atoms with E-state index in [9.17, 15) is 4.79 Å². The smallest absolute Gasteiger partial charge is 0.222 e. The van der Waals surface area contributed by atoms with Gasteiger partial charge in [0.2, 0.25) is 5.12 Å². The van der Waals surface area contributed by atoms with Crippen LogP contribution in [0.5, 0.6) is 0 Å². The topological polar surface area (TPSA) is 29.1 Å². The molecule has 0 aliphatic carbocycles. The normalized spacial score (nSPS) is 21.7. The number of carbonyl (C=O) groups is 1. The number of thioether (sulfide) groups is 1. The first kappa shape index (κ1) is 8.72. The van der Waals surface area contributed by atoms with Crippen LogP contribution in [0.3, 0.4) is 0 Å². The molecule has 1 saturated heterocycles. The van der Waals surface area contributed by atoms with Crippen LogP contribution in [0.4, 0.5) is 0 Å². The molecule has 66 valence electrons. The molecule has 2 nitrogen and oxygen atoms in total. The third-order valence-corrected chi connectivity index (χ3v) is 2.93. The Balaban J connectivity index is 2.28. The van der Waals surface area contributed by atoms with E-state index < -0.39 is 0 Å². The molecule has 0 amide bonds. The van der Waals surface area contributed by atoms with E-state index in [0.29, 0.717) is 4.32 Å². The predicted molar refractivity (Wildman–Crippen MR) is 57.5 cm³/mol. The summed E-state index contributed by atoms with van der Waals surface area (Å²) in [6.45, 7) is 0. The van der Waals surface area contributed by atoms with Gasteiger partial charge in [0.05, 0.1) is 0 Å². The van der Waals surface area contributed by atoms with Crippen molar-refractivity contribution in [1.29, 1.82) is 0 Å². The second kappa shape index (κ2) is 3.47. The molecule has 1 aliphatic rings. The first-order chi connectivity index (χ1) is 6.27. The van der Waals surface area contributed by atoms with Crippen molar-refractivity contribution in [3.63, 3.8) is 0 Å². The molecule has 1 fully saturated rings. The molecule has 13 heavy (non-hydrogen) atoms. The zero-order chi connectivity index (χ0) is 9.26. The molecule has 1 atom stereocenters. The summed E-state index contributed by atoms with van der Waals surface area (Å²) >= 11 is 6.01. The van der Waals surface area contributed by atoms with Crippen LogP contribution >= 0.6 is 24.0 Å². The maximum Gasteiger partial charge on any atom is 0.222 e. The Morgan fingerprint density at radius 2 is 2.00 bits per heavy atom. The number of nitrogens with one attached hydrogen (secondary N) is 1. The minimum Gasteiger partial charge on any atom is -0.356 e. The summed E-state index contributed by atoms with van der Waals surface area (Å²) in [5.74, 6) is 0. The van der Waals surface area contributed by atoms with Crippen LogP contribution in [0.25, 0.3) is 0 Å². The number of hydrogen-bond donors (Lipinski definition) is 1. The highest BCUT2D eigenvalue weighted by Gasteiger charge is 2.29. The lowest BCUT2D eigenvalue weighted by atomic mass is 10.1. The van der Waals surface area contributed by atoms with E-state index in [0.717, 1.165) is 17.3 Å². The molecule has 0 unspecified atom stereocenters. The summed E-state index contributed by atoms with van der Waals surface area (Å²) in [5, 5.41) is 3.04. The molecule has 1 aromatic rings. The van der Waals surface area contributed by atoms with Crippen molar-refractivity contribution >= 4 is 33.4 Å². The molecule has 0 saturated carbocycles. The van der Waals surface area contributed by atoms with Gasteiger partial charge in [0.15, 0.2) is 0 Å². The van der Waals surface area contributed by atoms with Gasteiger partial charge in [-0.1, -0.05) is 42.5 Å². The SMILES string of the molecule is O=C1SC(=S)N[C@@H]1c1ccccc1. The second-order valence-electron chi connectivity index (χ2n) is 2.70. The van der Waals surface area contributed by atoms with Crippen LogP contribution in [0.15, 0.2) is 30.3 Å². The van der Waals surface area contributed by atoms with Gasteiger partial charge in [-0.2, -0.15) is 0 Å². The van der Waals surface area contributed by atoms with Crippen LogP contribution in [0.2, 0.25) is 0 Å². The average molecular weight is 209 g/mol. The maximum absolute atomic E-state index is 11.4. The highest BCUT2D eigenvalue weighted by Crippen LogP contribution is 2.27. The van der Waals surface area contributed by atoms with Gasteiger partial charge in [-0.3, -0.25) is 4.79 Å². The van der Waals surface area contributed by atoms with E-state index in [-0.39, 0.29) is 11.2 Å². The molecule has 1 aliphatic heterocycles. The monoisotopic (exact) mass is 209 g/mol. The second-order valence-corrected chi connectivity index (χ2v) is 4.38. The van der Waals surface area contributed by atoms with Crippen molar-refractivity contribution in [2.75, 3.05) is 0 Å². The van der Waals surface area contributed by atoms with Crippen molar-refractivity contribution < 1.29 is 4.79 Å². The van der Waals surface area contributed by atoms with Crippen molar-refractivity contribution in [3.05, 3.63) is 35.9 Å². The molecule has 0 bridgehead atoms. The Kier molecular flexibility index (Phi) is 2.33. The van der Waals surface area contributed by atoms with Crippen LogP contribution in [0, 0.1) is 0 Å². The Labute approximate surface area is 85.7 Å². The molecule has 1 N–H and O–H groups in total. The zero-order valence-corrected chi connectivity index (χ0v) is 8.32. The molecular weight excluding hydrogens is 202 g/mol. The van der Waals surface area contributed by atoms with E-state index in [1.807, 2.05) is 30.3 Å². The summed E-state index contributed by atoms with van der Waals surface area (Å²) in [6.07, 6.45) is 0.